The number of aromatic nitrogens is 2. The lowest BCUT2D eigenvalue weighted by molar-refractivity contribution is 0.0223. The molecule has 0 N–H and O–H groups in total. The number of aryl methyl sites for hydroxylation is 1. The molecule has 2 aliphatic heterocycles. The van der Waals surface area contributed by atoms with Crippen LogP contribution < -0.4 is 0 Å². The summed E-state index contributed by atoms with van der Waals surface area (Å²) in [5.41, 5.74) is 3.63. The smallest absolute Gasteiger partial charge is 0.137 e. The Morgan fingerprint density at radius 2 is 2.08 bits per heavy atom. The van der Waals surface area contributed by atoms with Crippen molar-refractivity contribution in [2.75, 3.05) is 45.9 Å². The van der Waals surface area contributed by atoms with Crippen LogP contribution in [0.2, 0.25) is 0 Å². The molecule has 4 rings (SSSR count). The Hall–Kier alpha value is -1.43. The average molecular weight is 328 g/mol. The molecular formula is C19H28N4O. The van der Waals surface area contributed by atoms with Crippen molar-refractivity contribution in [2.45, 2.75) is 26.3 Å². The molecule has 5 nitrogen and oxygen atoms in total. The van der Waals surface area contributed by atoms with Crippen molar-refractivity contribution >= 4 is 5.65 Å². The SMILES string of the molecule is Cc1ccn2c(CN3CCC[C@H](CN4CCOCC4)C3)cnc2c1. The molecule has 2 aromatic heterocycles. The van der Waals surface area contributed by atoms with E-state index in [1.165, 1.54) is 43.7 Å². The van der Waals surface area contributed by atoms with Gasteiger partial charge in [-0.3, -0.25) is 9.80 Å². The largest absolute Gasteiger partial charge is 0.379 e. The Balaban J connectivity index is 1.38. The van der Waals surface area contributed by atoms with Crippen molar-refractivity contribution in [1.29, 1.82) is 0 Å². The molecule has 0 saturated carbocycles. The molecule has 4 heterocycles. The van der Waals surface area contributed by atoms with E-state index in [0.29, 0.717) is 0 Å². The van der Waals surface area contributed by atoms with Crippen molar-refractivity contribution in [2.24, 2.45) is 5.92 Å². The molecule has 1 atom stereocenters. The van der Waals surface area contributed by atoms with Crippen LogP contribution in [0, 0.1) is 12.8 Å². The van der Waals surface area contributed by atoms with Gasteiger partial charge in [-0.15, -0.1) is 0 Å². The Labute approximate surface area is 144 Å². The molecule has 5 heteroatoms. The van der Waals surface area contributed by atoms with E-state index >= 15 is 0 Å². The first kappa shape index (κ1) is 16.1. The molecule has 24 heavy (non-hydrogen) atoms. The Morgan fingerprint density at radius 1 is 1.21 bits per heavy atom. The van der Waals surface area contributed by atoms with Gasteiger partial charge in [-0.25, -0.2) is 4.98 Å². The van der Waals surface area contributed by atoms with E-state index in [2.05, 4.69) is 44.4 Å². The number of nitrogens with zero attached hydrogens (tertiary/aromatic N) is 4. The molecule has 130 valence electrons. The van der Waals surface area contributed by atoms with Gasteiger partial charge < -0.3 is 9.14 Å². The molecule has 0 bridgehead atoms. The summed E-state index contributed by atoms with van der Waals surface area (Å²) in [4.78, 5) is 9.76. The maximum absolute atomic E-state index is 5.47. The number of rotatable bonds is 4. The standard InChI is InChI=1S/C19H28N4O/c1-16-4-6-23-18(12-20-19(23)11-16)15-22-5-2-3-17(14-22)13-21-7-9-24-10-8-21/h4,6,11-12,17H,2-3,5,7-10,13-15H2,1H3/t17-/m1/s1. The molecule has 2 saturated heterocycles. The minimum absolute atomic E-state index is 0.790. The lowest BCUT2D eigenvalue weighted by Gasteiger charge is -2.36. The number of fused-ring (bicyclic) bond motifs is 1. The highest BCUT2D eigenvalue weighted by Crippen LogP contribution is 2.20. The molecule has 0 aliphatic carbocycles. The normalized spacial score (nSPS) is 23.8. The number of piperidine rings is 1. The minimum atomic E-state index is 0.790. The summed E-state index contributed by atoms with van der Waals surface area (Å²) in [7, 11) is 0. The highest BCUT2D eigenvalue weighted by atomic mass is 16.5. The summed E-state index contributed by atoms with van der Waals surface area (Å²) >= 11 is 0. The predicted molar refractivity (Wildman–Crippen MR) is 95.2 cm³/mol. The third kappa shape index (κ3) is 3.63. The fourth-order valence-electron chi connectivity index (χ4n) is 4.07. The topological polar surface area (TPSA) is 33.0 Å². The van der Waals surface area contributed by atoms with Crippen LogP contribution in [0.25, 0.3) is 5.65 Å². The van der Waals surface area contributed by atoms with Gasteiger partial charge in [0.05, 0.1) is 25.1 Å². The van der Waals surface area contributed by atoms with Gasteiger partial charge in [0.25, 0.3) is 0 Å². The number of pyridine rings is 1. The number of ether oxygens (including phenoxy) is 1. The van der Waals surface area contributed by atoms with Crippen LogP contribution in [0.3, 0.4) is 0 Å². The van der Waals surface area contributed by atoms with Gasteiger partial charge in [0.1, 0.15) is 5.65 Å². The fraction of sp³-hybridized carbons (Fsp3) is 0.632. The van der Waals surface area contributed by atoms with Gasteiger partial charge >= 0.3 is 0 Å². The number of imidazole rings is 1. The summed E-state index contributed by atoms with van der Waals surface area (Å²) in [5, 5.41) is 0. The molecular weight excluding hydrogens is 300 g/mol. The molecule has 0 spiro atoms. The highest BCUT2D eigenvalue weighted by Gasteiger charge is 2.23. The van der Waals surface area contributed by atoms with E-state index in [1.807, 2.05) is 6.20 Å². The van der Waals surface area contributed by atoms with Crippen LogP contribution in [0.5, 0.6) is 0 Å². The van der Waals surface area contributed by atoms with Crippen molar-refractivity contribution in [3.63, 3.8) is 0 Å². The van der Waals surface area contributed by atoms with E-state index in [1.54, 1.807) is 0 Å². The highest BCUT2D eigenvalue weighted by molar-refractivity contribution is 5.42. The summed E-state index contributed by atoms with van der Waals surface area (Å²) < 4.78 is 7.70. The van der Waals surface area contributed by atoms with E-state index < -0.39 is 0 Å². The van der Waals surface area contributed by atoms with Crippen molar-refractivity contribution < 1.29 is 4.74 Å². The molecule has 0 radical (unpaired) electrons. The van der Waals surface area contributed by atoms with E-state index in [0.717, 1.165) is 44.4 Å². The number of hydrogen-bond acceptors (Lipinski definition) is 4. The summed E-state index contributed by atoms with van der Waals surface area (Å²) in [6, 6.07) is 4.32. The van der Waals surface area contributed by atoms with Crippen LogP contribution in [-0.2, 0) is 11.3 Å². The first-order valence-corrected chi connectivity index (χ1v) is 9.23. The van der Waals surface area contributed by atoms with E-state index in [-0.39, 0.29) is 0 Å². The van der Waals surface area contributed by atoms with Crippen molar-refractivity contribution in [1.82, 2.24) is 19.2 Å². The summed E-state index contributed by atoms with van der Waals surface area (Å²) in [5.74, 6) is 0.790. The Morgan fingerprint density at radius 3 is 2.96 bits per heavy atom. The van der Waals surface area contributed by atoms with Gasteiger partial charge in [0.2, 0.25) is 0 Å². The third-order valence-corrected chi connectivity index (χ3v) is 5.35. The maximum atomic E-state index is 5.47. The van der Waals surface area contributed by atoms with Gasteiger partial charge in [-0.05, 0) is 49.9 Å². The zero-order valence-electron chi connectivity index (χ0n) is 14.7. The zero-order valence-corrected chi connectivity index (χ0v) is 14.7. The summed E-state index contributed by atoms with van der Waals surface area (Å²) in [6.07, 6.45) is 6.87. The van der Waals surface area contributed by atoms with Gasteiger partial charge in [0.15, 0.2) is 0 Å². The first-order valence-electron chi connectivity index (χ1n) is 9.23. The number of hydrogen-bond donors (Lipinski definition) is 0. The van der Waals surface area contributed by atoms with Crippen LogP contribution in [0.4, 0.5) is 0 Å². The van der Waals surface area contributed by atoms with Gasteiger partial charge in [-0.1, -0.05) is 0 Å². The molecule has 2 aliphatic rings. The quantitative estimate of drug-likeness (QED) is 0.861. The van der Waals surface area contributed by atoms with Crippen LogP contribution >= 0.6 is 0 Å². The van der Waals surface area contributed by atoms with Crippen LogP contribution in [-0.4, -0.2) is 65.1 Å². The minimum Gasteiger partial charge on any atom is -0.379 e. The molecule has 2 fully saturated rings. The third-order valence-electron chi connectivity index (χ3n) is 5.35. The van der Waals surface area contributed by atoms with Crippen molar-refractivity contribution in [3.8, 4) is 0 Å². The van der Waals surface area contributed by atoms with E-state index in [9.17, 15) is 0 Å². The maximum Gasteiger partial charge on any atom is 0.137 e. The second-order valence-electron chi connectivity index (χ2n) is 7.34. The monoisotopic (exact) mass is 328 g/mol. The second kappa shape index (κ2) is 7.21. The molecule has 0 unspecified atom stereocenters. The van der Waals surface area contributed by atoms with E-state index in [4.69, 9.17) is 4.74 Å². The average Bonchev–Trinajstić information content (AvgIpc) is 2.98. The van der Waals surface area contributed by atoms with Crippen LogP contribution in [0.15, 0.2) is 24.5 Å². The van der Waals surface area contributed by atoms with Crippen molar-refractivity contribution in [3.05, 3.63) is 35.8 Å². The molecule has 0 amide bonds. The number of morpholine rings is 1. The van der Waals surface area contributed by atoms with Crippen LogP contribution in [0.1, 0.15) is 24.1 Å². The fourth-order valence-corrected chi connectivity index (χ4v) is 4.07. The lowest BCUT2D eigenvalue weighted by Crippen LogP contribution is -2.44. The zero-order chi connectivity index (χ0) is 16.4. The van der Waals surface area contributed by atoms with Gasteiger partial charge in [-0.2, -0.15) is 0 Å². The molecule has 0 aromatic carbocycles. The lowest BCUT2D eigenvalue weighted by atomic mass is 9.97. The predicted octanol–water partition coefficient (Wildman–Crippen LogP) is 2.19. The Kier molecular flexibility index (Phi) is 4.83. The first-order chi connectivity index (χ1) is 11.8. The van der Waals surface area contributed by atoms with Gasteiger partial charge in [0, 0.05) is 38.9 Å². The number of likely N-dealkylation sites (tertiary alicyclic amines) is 1. The summed E-state index contributed by atoms with van der Waals surface area (Å²) in [6.45, 7) is 10.8. The Bertz CT molecular complexity index is 677. The molecule has 2 aromatic rings. The second-order valence-corrected chi connectivity index (χ2v) is 7.34.